The van der Waals surface area contributed by atoms with Gasteiger partial charge in [0.1, 0.15) is 0 Å². The van der Waals surface area contributed by atoms with Gasteiger partial charge >= 0.3 is 0 Å². The Labute approximate surface area is 106 Å². The van der Waals surface area contributed by atoms with Crippen molar-refractivity contribution in [1.29, 1.82) is 0 Å². The van der Waals surface area contributed by atoms with Gasteiger partial charge in [0.25, 0.3) is 0 Å². The fourth-order valence-electron chi connectivity index (χ4n) is 2.46. The monoisotopic (exact) mass is 240 g/mol. The Balaban J connectivity index is 2.57. The van der Waals surface area contributed by atoms with Crippen LogP contribution in [0.1, 0.15) is 53.9 Å². The summed E-state index contributed by atoms with van der Waals surface area (Å²) < 4.78 is 0. The van der Waals surface area contributed by atoms with Crippen molar-refractivity contribution in [2.24, 2.45) is 11.3 Å². The summed E-state index contributed by atoms with van der Waals surface area (Å²) in [7, 11) is 0. The Kier molecular flexibility index (Phi) is 4.99. The van der Waals surface area contributed by atoms with Crippen LogP contribution in [0.3, 0.4) is 0 Å². The van der Waals surface area contributed by atoms with E-state index in [-0.39, 0.29) is 23.4 Å². The maximum absolute atomic E-state index is 12.3. The summed E-state index contributed by atoms with van der Waals surface area (Å²) in [6.07, 6.45) is 3.39. The van der Waals surface area contributed by atoms with Crippen LogP contribution >= 0.6 is 0 Å². The quantitative estimate of drug-likeness (QED) is 0.792. The Bertz CT molecular complexity index is 263. The maximum atomic E-state index is 12.3. The van der Waals surface area contributed by atoms with Gasteiger partial charge in [-0.25, -0.2) is 0 Å². The molecule has 2 N–H and O–H groups in total. The molecule has 0 radical (unpaired) electrons. The number of rotatable bonds is 4. The summed E-state index contributed by atoms with van der Waals surface area (Å²) in [6.45, 7) is 11.8. The van der Waals surface area contributed by atoms with Gasteiger partial charge in [-0.1, -0.05) is 34.1 Å². The lowest BCUT2D eigenvalue weighted by Crippen LogP contribution is -2.57. The predicted molar refractivity (Wildman–Crippen MR) is 71.9 cm³/mol. The SMILES string of the molecule is CCC(C)C(C)NC(=O)C1NCCCC1(C)C. The van der Waals surface area contributed by atoms with Crippen LogP contribution in [0.5, 0.6) is 0 Å². The van der Waals surface area contributed by atoms with Crippen molar-refractivity contribution < 1.29 is 4.79 Å². The van der Waals surface area contributed by atoms with Crippen molar-refractivity contribution in [3.8, 4) is 0 Å². The number of nitrogens with one attached hydrogen (secondary N) is 2. The molecular formula is C14H28N2O. The maximum Gasteiger partial charge on any atom is 0.237 e. The summed E-state index contributed by atoms with van der Waals surface area (Å²) >= 11 is 0. The van der Waals surface area contributed by atoms with Crippen molar-refractivity contribution in [3.05, 3.63) is 0 Å². The molecule has 3 atom stereocenters. The fraction of sp³-hybridized carbons (Fsp3) is 0.929. The van der Waals surface area contributed by atoms with E-state index in [1.54, 1.807) is 0 Å². The molecule has 1 amide bonds. The molecule has 0 aromatic rings. The lowest BCUT2D eigenvalue weighted by molar-refractivity contribution is -0.127. The largest absolute Gasteiger partial charge is 0.352 e. The average Bonchev–Trinajstić information content (AvgIpc) is 2.26. The Morgan fingerprint density at radius 3 is 2.65 bits per heavy atom. The zero-order valence-electron chi connectivity index (χ0n) is 12.0. The first kappa shape index (κ1) is 14.5. The van der Waals surface area contributed by atoms with Crippen molar-refractivity contribution in [2.75, 3.05) is 6.54 Å². The molecule has 1 aliphatic rings. The molecule has 3 heteroatoms. The first-order valence-electron chi connectivity index (χ1n) is 6.92. The summed E-state index contributed by atoms with van der Waals surface area (Å²) in [5.74, 6) is 0.702. The Hall–Kier alpha value is -0.570. The highest BCUT2D eigenvalue weighted by Gasteiger charge is 2.37. The minimum absolute atomic E-state index is 0.0391. The fourth-order valence-corrected chi connectivity index (χ4v) is 2.46. The Morgan fingerprint density at radius 2 is 2.12 bits per heavy atom. The van der Waals surface area contributed by atoms with Crippen LogP contribution in [0.2, 0.25) is 0 Å². The van der Waals surface area contributed by atoms with Crippen LogP contribution in [0.25, 0.3) is 0 Å². The molecule has 1 saturated heterocycles. The van der Waals surface area contributed by atoms with Gasteiger partial charge in [0.15, 0.2) is 0 Å². The van der Waals surface area contributed by atoms with Gasteiger partial charge in [0.2, 0.25) is 5.91 Å². The van der Waals surface area contributed by atoms with E-state index in [9.17, 15) is 4.79 Å². The van der Waals surface area contributed by atoms with Crippen LogP contribution in [-0.4, -0.2) is 24.5 Å². The molecule has 0 bridgehead atoms. The van der Waals surface area contributed by atoms with E-state index in [1.807, 2.05) is 0 Å². The minimum atomic E-state index is -0.0391. The highest BCUT2D eigenvalue weighted by molar-refractivity contribution is 5.83. The van der Waals surface area contributed by atoms with E-state index in [1.165, 1.54) is 0 Å². The molecule has 3 unspecified atom stereocenters. The standard InChI is InChI=1S/C14H28N2O/c1-6-10(2)11(3)16-13(17)12-14(4,5)8-7-9-15-12/h10-12,15H,6-9H2,1-5H3,(H,16,17). The molecule has 0 aliphatic carbocycles. The second-order valence-corrected chi connectivity index (χ2v) is 6.16. The van der Waals surface area contributed by atoms with E-state index in [0.29, 0.717) is 5.92 Å². The van der Waals surface area contributed by atoms with E-state index in [4.69, 9.17) is 0 Å². The van der Waals surface area contributed by atoms with Crippen LogP contribution in [0.15, 0.2) is 0 Å². The van der Waals surface area contributed by atoms with Gasteiger partial charge in [0, 0.05) is 6.04 Å². The first-order valence-corrected chi connectivity index (χ1v) is 6.92. The number of piperidine rings is 1. The number of amides is 1. The average molecular weight is 240 g/mol. The van der Waals surface area contributed by atoms with Crippen LogP contribution < -0.4 is 10.6 Å². The van der Waals surface area contributed by atoms with Gasteiger partial charge in [0.05, 0.1) is 6.04 Å². The number of carbonyl (C=O) groups excluding carboxylic acids is 1. The van der Waals surface area contributed by atoms with Gasteiger partial charge in [-0.05, 0) is 37.6 Å². The topological polar surface area (TPSA) is 41.1 Å². The molecule has 0 saturated carbocycles. The molecule has 0 aromatic carbocycles. The minimum Gasteiger partial charge on any atom is -0.352 e. The van der Waals surface area contributed by atoms with E-state index in [2.05, 4.69) is 45.3 Å². The third-order valence-corrected chi connectivity index (χ3v) is 4.26. The second kappa shape index (κ2) is 5.85. The van der Waals surface area contributed by atoms with Crippen molar-refractivity contribution in [1.82, 2.24) is 10.6 Å². The molecule has 1 heterocycles. The summed E-state index contributed by atoms with van der Waals surface area (Å²) in [6, 6.07) is 0.217. The zero-order valence-corrected chi connectivity index (χ0v) is 12.0. The molecule has 0 aromatic heterocycles. The molecule has 1 rings (SSSR count). The molecular weight excluding hydrogens is 212 g/mol. The van der Waals surface area contributed by atoms with Gasteiger partial charge in [-0.3, -0.25) is 4.79 Å². The third kappa shape index (κ3) is 3.70. The second-order valence-electron chi connectivity index (χ2n) is 6.16. The van der Waals surface area contributed by atoms with Crippen LogP contribution in [-0.2, 0) is 4.79 Å². The van der Waals surface area contributed by atoms with E-state index in [0.717, 1.165) is 25.8 Å². The van der Waals surface area contributed by atoms with Crippen molar-refractivity contribution in [3.63, 3.8) is 0 Å². The molecule has 3 nitrogen and oxygen atoms in total. The normalized spacial score (nSPS) is 27.2. The van der Waals surface area contributed by atoms with Gasteiger partial charge in [-0.2, -0.15) is 0 Å². The number of hydrogen-bond donors (Lipinski definition) is 2. The van der Waals surface area contributed by atoms with Gasteiger partial charge in [-0.15, -0.1) is 0 Å². The lowest BCUT2D eigenvalue weighted by Gasteiger charge is -2.39. The van der Waals surface area contributed by atoms with Crippen molar-refractivity contribution >= 4 is 5.91 Å². The van der Waals surface area contributed by atoms with E-state index < -0.39 is 0 Å². The molecule has 100 valence electrons. The van der Waals surface area contributed by atoms with Crippen molar-refractivity contribution in [2.45, 2.75) is 66.0 Å². The van der Waals surface area contributed by atoms with E-state index >= 15 is 0 Å². The first-order chi connectivity index (χ1) is 7.88. The third-order valence-electron chi connectivity index (χ3n) is 4.26. The summed E-state index contributed by atoms with van der Waals surface area (Å²) in [5, 5.41) is 6.51. The lowest BCUT2D eigenvalue weighted by atomic mass is 9.77. The van der Waals surface area contributed by atoms with Crippen LogP contribution in [0.4, 0.5) is 0 Å². The Morgan fingerprint density at radius 1 is 1.47 bits per heavy atom. The molecule has 1 fully saturated rings. The molecule has 0 spiro atoms. The molecule has 1 aliphatic heterocycles. The van der Waals surface area contributed by atoms with Crippen LogP contribution in [0, 0.1) is 11.3 Å². The number of hydrogen-bond acceptors (Lipinski definition) is 2. The summed E-state index contributed by atoms with van der Waals surface area (Å²) in [5.41, 5.74) is 0.0670. The number of carbonyl (C=O) groups is 1. The van der Waals surface area contributed by atoms with Gasteiger partial charge < -0.3 is 10.6 Å². The zero-order chi connectivity index (χ0) is 13.1. The molecule has 17 heavy (non-hydrogen) atoms. The highest BCUT2D eigenvalue weighted by Crippen LogP contribution is 2.30. The summed E-state index contributed by atoms with van der Waals surface area (Å²) in [4.78, 5) is 12.3. The predicted octanol–water partition coefficient (Wildman–Crippen LogP) is 2.32. The smallest absolute Gasteiger partial charge is 0.237 e. The highest BCUT2D eigenvalue weighted by atomic mass is 16.2.